The molecule has 0 amide bonds. The van der Waals surface area contributed by atoms with Crippen molar-refractivity contribution in [3.05, 3.63) is 11.1 Å². The Hall–Kier alpha value is -0.650. The molecule has 1 fully saturated rings. The number of anilines is 1. The Bertz CT molecular complexity index is 383. The van der Waals surface area contributed by atoms with Gasteiger partial charge in [-0.05, 0) is 33.2 Å². The van der Waals surface area contributed by atoms with E-state index in [1.54, 1.807) is 11.3 Å². The second-order valence-electron chi connectivity index (χ2n) is 5.20. The maximum atomic E-state index is 5.68. The molecule has 5 heteroatoms. The van der Waals surface area contributed by atoms with E-state index < -0.39 is 0 Å². The molecule has 108 valence electrons. The summed E-state index contributed by atoms with van der Waals surface area (Å²) in [6.45, 7) is 10.5. The summed E-state index contributed by atoms with van der Waals surface area (Å²) in [5, 5.41) is 4.65. The SMILES string of the molecule is CCCNC(C)c1cnc(N2CCCOC(C)C2)s1. The van der Waals surface area contributed by atoms with Crippen LogP contribution in [0.1, 0.15) is 44.5 Å². The molecule has 1 aliphatic heterocycles. The fourth-order valence-corrected chi connectivity index (χ4v) is 3.23. The summed E-state index contributed by atoms with van der Waals surface area (Å²) in [6.07, 6.45) is 4.56. The summed E-state index contributed by atoms with van der Waals surface area (Å²) < 4.78 is 5.68. The zero-order valence-corrected chi connectivity index (χ0v) is 13.0. The van der Waals surface area contributed by atoms with Crippen LogP contribution in [0.4, 0.5) is 5.13 Å². The van der Waals surface area contributed by atoms with Crippen LogP contribution >= 0.6 is 11.3 Å². The highest BCUT2D eigenvalue weighted by atomic mass is 32.1. The van der Waals surface area contributed by atoms with E-state index in [1.807, 2.05) is 6.20 Å². The van der Waals surface area contributed by atoms with Crippen molar-refractivity contribution < 1.29 is 4.74 Å². The van der Waals surface area contributed by atoms with Crippen LogP contribution in [0, 0.1) is 0 Å². The second-order valence-corrected chi connectivity index (χ2v) is 6.24. The lowest BCUT2D eigenvalue weighted by molar-refractivity contribution is 0.0821. The van der Waals surface area contributed by atoms with Gasteiger partial charge in [-0.15, -0.1) is 11.3 Å². The van der Waals surface area contributed by atoms with Crippen molar-refractivity contribution in [1.29, 1.82) is 0 Å². The first kappa shape index (κ1) is 14.8. The average Bonchev–Trinajstić information content (AvgIpc) is 2.80. The Morgan fingerprint density at radius 1 is 1.63 bits per heavy atom. The molecule has 0 saturated carbocycles. The number of hydrogen-bond donors (Lipinski definition) is 1. The molecule has 0 radical (unpaired) electrons. The summed E-state index contributed by atoms with van der Waals surface area (Å²) >= 11 is 1.81. The summed E-state index contributed by atoms with van der Waals surface area (Å²) in [7, 11) is 0. The van der Waals surface area contributed by atoms with Gasteiger partial charge in [-0.25, -0.2) is 4.98 Å². The molecule has 2 unspecified atom stereocenters. The van der Waals surface area contributed by atoms with Crippen LogP contribution in [0.5, 0.6) is 0 Å². The molecule has 0 aliphatic carbocycles. The molecule has 0 bridgehead atoms. The molecule has 2 heterocycles. The van der Waals surface area contributed by atoms with Gasteiger partial charge in [0.25, 0.3) is 0 Å². The summed E-state index contributed by atoms with van der Waals surface area (Å²) in [5.41, 5.74) is 0. The Kier molecular flexibility index (Phi) is 5.60. The molecule has 0 aromatic carbocycles. The predicted octanol–water partition coefficient (Wildman–Crippen LogP) is 2.82. The Morgan fingerprint density at radius 3 is 3.26 bits per heavy atom. The van der Waals surface area contributed by atoms with E-state index >= 15 is 0 Å². The molecule has 4 nitrogen and oxygen atoms in total. The topological polar surface area (TPSA) is 37.4 Å². The quantitative estimate of drug-likeness (QED) is 0.901. The van der Waals surface area contributed by atoms with Crippen LogP contribution in [0.2, 0.25) is 0 Å². The number of ether oxygens (including phenoxy) is 1. The average molecular weight is 283 g/mol. The van der Waals surface area contributed by atoms with E-state index in [0.717, 1.165) is 44.2 Å². The first-order valence-electron chi connectivity index (χ1n) is 7.26. The van der Waals surface area contributed by atoms with Crippen LogP contribution in [0.25, 0.3) is 0 Å². The minimum atomic E-state index is 0.297. The summed E-state index contributed by atoms with van der Waals surface area (Å²) in [4.78, 5) is 8.27. The number of thiazole rings is 1. The third-order valence-electron chi connectivity index (χ3n) is 3.36. The van der Waals surface area contributed by atoms with Gasteiger partial charge in [0, 0.05) is 36.8 Å². The van der Waals surface area contributed by atoms with Crippen LogP contribution in [-0.2, 0) is 4.74 Å². The van der Waals surface area contributed by atoms with E-state index in [9.17, 15) is 0 Å². The number of nitrogens with one attached hydrogen (secondary N) is 1. The van der Waals surface area contributed by atoms with E-state index in [1.165, 1.54) is 4.88 Å². The van der Waals surface area contributed by atoms with Gasteiger partial charge in [-0.2, -0.15) is 0 Å². The van der Waals surface area contributed by atoms with Gasteiger partial charge in [0.15, 0.2) is 5.13 Å². The monoisotopic (exact) mass is 283 g/mol. The minimum Gasteiger partial charge on any atom is -0.377 e. The van der Waals surface area contributed by atoms with Gasteiger partial charge >= 0.3 is 0 Å². The van der Waals surface area contributed by atoms with E-state index in [0.29, 0.717) is 12.1 Å². The van der Waals surface area contributed by atoms with Crippen molar-refractivity contribution in [3.63, 3.8) is 0 Å². The largest absolute Gasteiger partial charge is 0.377 e. The number of hydrogen-bond acceptors (Lipinski definition) is 5. The normalized spacial score (nSPS) is 22.3. The van der Waals surface area contributed by atoms with E-state index in [2.05, 4.69) is 36.0 Å². The van der Waals surface area contributed by atoms with Crippen LogP contribution in [-0.4, -0.2) is 37.3 Å². The maximum absolute atomic E-state index is 5.68. The number of nitrogens with zero attached hydrogens (tertiary/aromatic N) is 2. The standard InChI is InChI=1S/C14H25N3OS/c1-4-6-15-12(3)13-9-16-14(19-13)17-7-5-8-18-11(2)10-17/h9,11-12,15H,4-8,10H2,1-3H3. The van der Waals surface area contributed by atoms with Gasteiger partial charge in [0.1, 0.15) is 0 Å². The second kappa shape index (κ2) is 7.22. The van der Waals surface area contributed by atoms with E-state index in [-0.39, 0.29) is 0 Å². The van der Waals surface area contributed by atoms with Crippen molar-refractivity contribution in [2.24, 2.45) is 0 Å². The first-order valence-corrected chi connectivity index (χ1v) is 8.08. The molecule has 2 rings (SSSR count). The van der Waals surface area contributed by atoms with Gasteiger partial charge in [-0.3, -0.25) is 0 Å². The van der Waals surface area contributed by atoms with Crippen molar-refractivity contribution in [3.8, 4) is 0 Å². The number of rotatable bonds is 5. The molecule has 1 aliphatic rings. The lowest BCUT2D eigenvalue weighted by Gasteiger charge is -2.21. The summed E-state index contributed by atoms with van der Waals surface area (Å²) in [6, 6.07) is 0.395. The third kappa shape index (κ3) is 4.16. The summed E-state index contributed by atoms with van der Waals surface area (Å²) in [5.74, 6) is 0. The minimum absolute atomic E-state index is 0.297. The first-order chi connectivity index (χ1) is 9.20. The van der Waals surface area contributed by atoms with Crippen molar-refractivity contribution in [2.45, 2.75) is 45.8 Å². The highest BCUT2D eigenvalue weighted by molar-refractivity contribution is 7.15. The lowest BCUT2D eigenvalue weighted by atomic mass is 10.3. The zero-order chi connectivity index (χ0) is 13.7. The fourth-order valence-electron chi connectivity index (χ4n) is 2.25. The molecular formula is C14H25N3OS. The molecule has 19 heavy (non-hydrogen) atoms. The third-order valence-corrected chi connectivity index (χ3v) is 4.60. The molecule has 1 saturated heterocycles. The Morgan fingerprint density at radius 2 is 2.47 bits per heavy atom. The molecule has 1 aromatic heterocycles. The fraction of sp³-hybridized carbons (Fsp3) is 0.786. The van der Waals surface area contributed by atoms with E-state index in [4.69, 9.17) is 4.74 Å². The highest BCUT2D eigenvalue weighted by Gasteiger charge is 2.19. The molecule has 1 aromatic rings. The van der Waals surface area contributed by atoms with Crippen LogP contribution in [0.15, 0.2) is 6.20 Å². The van der Waals surface area contributed by atoms with Gasteiger partial charge in [0.05, 0.1) is 6.10 Å². The van der Waals surface area contributed by atoms with Gasteiger partial charge in [-0.1, -0.05) is 6.92 Å². The maximum Gasteiger partial charge on any atom is 0.185 e. The lowest BCUT2D eigenvalue weighted by Crippen LogP contribution is -2.29. The highest BCUT2D eigenvalue weighted by Crippen LogP contribution is 2.28. The van der Waals surface area contributed by atoms with Crippen molar-refractivity contribution in [1.82, 2.24) is 10.3 Å². The van der Waals surface area contributed by atoms with Gasteiger partial charge in [0.2, 0.25) is 0 Å². The number of aromatic nitrogens is 1. The van der Waals surface area contributed by atoms with Crippen molar-refractivity contribution >= 4 is 16.5 Å². The smallest absolute Gasteiger partial charge is 0.185 e. The molecule has 1 N–H and O–H groups in total. The molecule has 2 atom stereocenters. The Labute approximate surface area is 120 Å². The zero-order valence-electron chi connectivity index (χ0n) is 12.2. The van der Waals surface area contributed by atoms with Gasteiger partial charge < -0.3 is 15.0 Å². The Balaban J connectivity index is 1.99. The molecule has 0 spiro atoms. The van der Waals surface area contributed by atoms with Crippen LogP contribution in [0.3, 0.4) is 0 Å². The predicted molar refractivity (Wildman–Crippen MR) is 81.1 cm³/mol. The van der Waals surface area contributed by atoms with Crippen LogP contribution < -0.4 is 10.2 Å². The molecular weight excluding hydrogens is 258 g/mol. The van der Waals surface area contributed by atoms with Crippen molar-refractivity contribution in [2.75, 3.05) is 31.1 Å².